The van der Waals surface area contributed by atoms with Crippen LogP contribution in [-0.2, 0) is 10.3 Å². The summed E-state index contributed by atoms with van der Waals surface area (Å²) in [5, 5.41) is 6.97. The van der Waals surface area contributed by atoms with Gasteiger partial charge in [0.1, 0.15) is 5.01 Å². The van der Waals surface area contributed by atoms with E-state index in [1.807, 2.05) is 0 Å². The number of thiazole rings is 1. The van der Waals surface area contributed by atoms with Crippen molar-refractivity contribution in [1.29, 1.82) is 0 Å². The molecule has 0 saturated carbocycles. The van der Waals surface area contributed by atoms with Crippen molar-refractivity contribution in [1.82, 2.24) is 10.3 Å². The largest absolute Gasteiger partial charge is 0.385 e. The Morgan fingerprint density at radius 3 is 2.50 bits per heavy atom. The van der Waals surface area contributed by atoms with Crippen LogP contribution in [0.25, 0.3) is 0 Å². The average Bonchev–Trinajstić information content (AvgIpc) is 2.75. The van der Waals surface area contributed by atoms with Gasteiger partial charge in [-0.2, -0.15) is 0 Å². The minimum Gasteiger partial charge on any atom is -0.385 e. The van der Waals surface area contributed by atoms with Gasteiger partial charge in [0.25, 0.3) is 0 Å². The van der Waals surface area contributed by atoms with Crippen molar-refractivity contribution in [3.8, 4) is 0 Å². The topological polar surface area (TPSA) is 34.1 Å². The molecule has 1 rings (SSSR count). The molecule has 1 atom stereocenters. The SMILES string of the molecule is COCCC(C)(NC(C)C)c1nc(C(C)C)cs1. The maximum Gasteiger partial charge on any atom is 0.113 e. The van der Waals surface area contributed by atoms with Crippen molar-refractivity contribution in [2.75, 3.05) is 13.7 Å². The molecule has 1 aromatic heterocycles. The lowest BCUT2D eigenvalue weighted by Crippen LogP contribution is -2.44. The molecule has 1 aromatic rings. The van der Waals surface area contributed by atoms with Gasteiger partial charge in [-0.15, -0.1) is 11.3 Å². The molecule has 0 saturated heterocycles. The number of nitrogens with zero attached hydrogens (tertiary/aromatic N) is 1. The highest BCUT2D eigenvalue weighted by Crippen LogP contribution is 2.30. The molecule has 0 aliphatic heterocycles. The van der Waals surface area contributed by atoms with E-state index in [0.29, 0.717) is 12.0 Å². The Labute approximate surface area is 115 Å². The second-order valence-corrected chi connectivity index (χ2v) is 6.46. The molecular weight excluding hydrogens is 244 g/mol. The van der Waals surface area contributed by atoms with Crippen molar-refractivity contribution in [2.45, 2.75) is 58.5 Å². The summed E-state index contributed by atoms with van der Waals surface area (Å²) >= 11 is 1.75. The summed E-state index contributed by atoms with van der Waals surface area (Å²) in [6.45, 7) is 11.7. The summed E-state index contributed by atoms with van der Waals surface area (Å²) in [5.74, 6) is 0.487. The fraction of sp³-hybridized carbons (Fsp3) is 0.786. The van der Waals surface area contributed by atoms with Gasteiger partial charge in [0, 0.05) is 25.1 Å². The molecule has 0 amide bonds. The molecule has 0 fully saturated rings. The van der Waals surface area contributed by atoms with Gasteiger partial charge in [-0.05, 0) is 33.1 Å². The van der Waals surface area contributed by atoms with Gasteiger partial charge in [-0.1, -0.05) is 13.8 Å². The quantitative estimate of drug-likeness (QED) is 0.823. The van der Waals surface area contributed by atoms with Gasteiger partial charge < -0.3 is 10.1 Å². The lowest BCUT2D eigenvalue weighted by Gasteiger charge is -2.31. The van der Waals surface area contributed by atoms with E-state index in [0.717, 1.165) is 18.0 Å². The standard InChI is InChI=1S/C14H26N2OS/c1-10(2)12-9-18-13(15-12)14(5,7-8-17-6)16-11(3)4/h9-11,16H,7-8H2,1-6H3. The Kier molecular flexibility index (Phi) is 5.76. The van der Waals surface area contributed by atoms with Crippen LogP contribution >= 0.6 is 11.3 Å². The average molecular weight is 270 g/mol. The lowest BCUT2D eigenvalue weighted by molar-refractivity contribution is 0.155. The molecule has 1 N–H and O–H groups in total. The monoisotopic (exact) mass is 270 g/mol. The Balaban J connectivity index is 2.92. The Morgan fingerprint density at radius 2 is 2.06 bits per heavy atom. The number of nitrogens with one attached hydrogen (secondary N) is 1. The number of ether oxygens (including phenoxy) is 1. The molecular formula is C14H26N2OS. The molecule has 3 nitrogen and oxygen atoms in total. The highest BCUT2D eigenvalue weighted by Gasteiger charge is 2.30. The smallest absolute Gasteiger partial charge is 0.113 e. The van der Waals surface area contributed by atoms with Gasteiger partial charge in [0.05, 0.1) is 11.2 Å². The molecule has 18 heavy (non-hydrogen) atoms. The third-order valence-electron chi connectivity index (χ3n) is 3.00. The molecule has 0 aromatic carbocycles. The predicted octanol–water partition coefficient (Wildman–Crippen LogP) is 3.52. The number of methoxy groups -OCH3 is 1. The summed E-state index contributed by atoms with van der Waals surface area (Å²) in [4.78, 5) is 4.79. The van der Waals surface area contributed by atoms with Gasteiger partial charge in [-0.25, -0.2) is 4.98 Å². The minimum atomic E-state index is -0.0953. The number of hydrogen-bond donors (Lipinski definition) is 1. The number of hydrogen-bond acceptors (Lipinski definition) is 4. The first kappa shape index (κ1) is 15.6. The summed E-state index contributed by atoms with van der Waals surface area (Å²) in [6, 6.07) is 0.429. The third kappa shape index (κ3) is 4.04. The Morgan fingerprint density at radius 1 is 1.39 bits per heavy atom. The minimum absolute atomic E-state index is 0.0953. The summed E-state index contributed by atoms with van der Waals surface area (Å²) in [6.07, 6.45) is 0.937. The zero-order valence-corrected chi connectivity index (χ0v) is 13.2. The molecule has 1 unspecified atom stereocenters. The van der Waals surface area contributed by atoms with Crippen LogP contribution in [0.1, 0.15) is 57.7 Å². The fourth-order valence-electron chi connectivity index (χ4n) is 1.99. The first-order valence-corrected chi connectivity index (χ1v) is 7.49. The predicted molar refractivity (Wildman–Crippen MR) is 78.3 cm³/mol. The lowest BCUT2D eigenvalue weighted by atomic mass is 9.98. The highest BCUT2D eigenvalue weighted by molar-refractivity contribution is 7.09. The Bertz CT molecular complexity index is 362. The third-order valence-corrected chi connectivity index (χ3v) is 4.12. The molecule has 1 heterocycles. The molecule has 0 bridgehead atoms. The van der Waals surface area contributed by atoms with E-state index in [9.17, 15) is 0 Å². The summed E-state index contributed by atoms with van der Waals surface area (Å²) in [5.41, 5.74) is 1.09. The normalized spacial score (nSPS) is 15.3. The first-order valence-electron chi connectivity index (χ1n) is 6.61. The van der Waals surface area contributed by atoms with Crippen molar-refractivity contribution in [2.24, 2.45) is 0 Å². The van der Waals surface area contributed by atoms with E-state index in [1.165, 1.54) is 5.69 Å². The number of rotatable bonds is 7. The van der Waals surface area contributed by atoms with Crippen LogP contribution in [0.3, 0.4) is 0 Å². The second kappa shape index (κ2) is 6.64. The molecule has 104 valence electrons. The van der Waals surface area contributed by atoms with Crippen molar-refractivity contribution in [3.05, 3.63) is 16.1 Å². The van der Waals surface area contributed by atoms with Gasteiger partial charge in [-0.3, -0.25) is 0 Å². The van der Waals surface area contributed by atoms with Crippen molar-refractivity contribution in [3.63, 3.8) is 0 Å². The first-order chi connectivity index (χ1) is 8.39. The van der Waals surface area contributed by atoms with E-state index in [-0.39, 0.29) is 5.54 Å². The maximum absolute atomic E-state index is 5.23. The van der Waals surface area contributed by atoms with Crippen LogP contribution < -0.4 is 5.32 Å². The zero-order valence-electron chi connectivity index (χ0n) is 12.4. The highest BCUT2D eigenvalue weighted by atomic mass is 32.1. The van der Waals surface area contributed by atoms with E-state index >= 15 is 0 Å². The molecule has 0 aliphatic rings. The summed E-state index contributed by atoms with van der Waals surface area (Å²) in [7, 11) is 1.75. The van der Waals surface area contributed by atoms with E-state index in [1.54, 1.807) is 18.4 Å². The summed E-state index contributed by atoms with van der Waals surface area (Å²) < 4.78 is 5.23. The molecule has 0 radical (unpaired) electrons. The fourth-order valence-corrected chi connectivity index (χ4v) is 3.13. The second-order valence-electron chi connectivity index (χ2n) is 5.61. The van der Waals surface area contributed by atoms with Crippen molar-refractivity contribution < 1.29 is 4.74 Å². The maximum atomic E-state index is 5.23. The van der Waals surface area contributed by atoms with Gasteiger partial charge in [0.15, 0.2) is 0 Å². The molecule has 0 spiro atoms. The van der Waals surface area contributed by atoms with Crippen LogP contribution in [0.5, 0.6) is 0 Å². The van der Waals surface area contributed by atoms with Crippen LogP contribution in [-0.4, -0.2) is 24.7 Å². The Hall–Kier alpha value is -0.450. The molecule has 4 heteroatoms. The van der Waals surface area contributed by atoms with E-state index in [4.69, 9.17) is 9.72 Å². The zero-order chi connectivity index (χ0) is 13.8. The van der Waals surface area contributed by atoms with Crippen LogP contribution in [0, 0.1) is 0 Å². The van der Waals surface area contributed by atoms with E-state index in [2.05, 4.69) is 45.3 Å². The van der Waals surface area contributed by atoms with E-state index < -0.39 is 0 Å². The van der Waals surface area contributed by atoms with Gasteiger partial charge >= 0.3 is 0 Å². The molecule has 0 aliphatic carbocycles. The number of aromatic nitrogens is 1. The van der Waals surface area contributed by atoms with Crippen LogP contribution in [0.2, 0.25) is 0 Å². The van der Waals surface area contributed by atoms with Crippen LogP contribution in [0.15, 0.2) is 5.38 Å². The van der Waals surface area contributed by atoms with Crippen molar-refractivity contribution >= 4 is 11.3 Å². The van der Waals surface area contributed by atoms with Gasteiger partial charge in [0.2, 0.25) is 0 Å². The van der Waals surface area contributed by atoms with Crippen LogP contribution in [0.4, 0.5) is 0 Å².